The molecule has 37 heavy (non-hydrogen) atoms. The van der Waals surface area contributed by atoms with E-state index in [0.717, 1.165) is 35.2 Å². The van der Waals surface area contributed by atoms with E-state index < -0.39 is 5.60 Å². The van der Waals surface area contributed by atoms with Crippen LogP contribution in [0.1, 0.15) is 55.6 Å². The number of aromatic nitrogens is 5. The van der Waals surface area contributed by atoms with Gasteiger partial charge in [-0.3, -0.25) is 4.98 Å². The summed E-state index contributed by atoms with van der Waals surface area (Å²) < 4.78 is 33.5. The predicted molar refractivity (Wildman–Crippen MR) is 133 cm³/mol. The summed E-state index contributed by atoms with van der Waals surface area (Å²) in [5, 5.41) is 19.4. The Morgan fingerprint density at radius 2 is 1.89 bits per heavy atom. The molecule has 5 aromatic heterocycles. The van der Waals surface area contributed by atoms with Gasteiger partial charge in [-0.05, 0) is 64.7 Å². The Labute approximate surface area is 212 Å². The summed E-state index contributed by atoms with van der Waals surface area (Å²) in [6.45, 7) is 8.28. The molecule has 0 amide bonds. The number of ether oxygens (including phenoxy) is 1. The molecule has 6 rings (SSSR count). The highest BCUT2D eigenvalue weighted by Crippen LogP contribution is 2.43. The van der Waals surface area contributed by atoms with Crippen LogP contribution < -0.4 is 0 Å². The zero-order valence-electron chi connectivity index (χ0n) is 21.2. The monoisotopic (exact) mass is 505 g/mol. The number of hydrogen-bond donors (Lipinski definition) is 1. The first-order chi connectivity index (χ1) is 17.7. The van der Waals surface area contributed by atoms with Crippen molar-refractivity contribution in [3.63, 3.8) is 0 Å². The smallest absolute Gasteiger partial charge is 0.211 e. The average molecular weight is 506 g/mol. The van der Waals surface area contributed by atoms with E-state index in [4.69, 9.17) is 18.8 Å². The van der Waals surface area contributed by atoms with Gasteiger partial charge < -0.3 is 23.5 Å². The SMILES string of the molecule is Cc1noc(C)c1-c1cnc2c3onc(C(C)(C)O)c3n(C(c3cc(F)ccn3)C3CCOCC3)c2c1. The van der Waals surface area contributed by atoms with Crippen LogP contribution in [-0.2, 0) is 10.3 Å². The van der Waals surface area contributed by atoms with Gasteiger partial charge in [0.15, 0.2) is 0 Å². The van der Waals surface area contributed by atoms with E-state index >= 15 is 0 Å². The molecule has 0 aromatic carbocycles. The van der Waals surface area contributed by atoms with E-state index in [1.807, 2.05) is 19.9 Å². The van der Waals surface area contributed by atoms with Crippen LogP contribution in [-0.4, -0.2) is 43.2 Å². The standard InChI is InChI=1S/C27H28FN5O4/c1-14-21(15(2)36-31-14)17-11-20-22(30-13-17)25-24(26(32-37-25)27(3,4)34)33(20)23(16-6-9-35-10-7-16)19-12-18(28)5-8-29-19/h5,8,11-13,16,23,34H,6-7,9-10H2,1-4H3. The van der Waals surface area contributed by atoms with Crippen LogP contribution in [0.3, 0.4) is 0 Å². The van der Waals surface area contributed by atoms with Crippen LogP contribution in [0.2, 0.25) is 0 Å². The first-order valence-electron chi connectivity index (χ1n) is 12.4. The van der Waals surface area contributed by atoms with Crippen LogP contribution in [0.4, 0.5) is 4.39 Å². The summed E-state index contributed by atoms with van der Waals surface area (Å²) in [5.41, 5.74) is 4.57. The molecule has 1 unspecified atom stereocenters. The Hall–Kier alpha value is -3.63. The van der Waals surface area contributed by atoms with E-state index in [1.54, 1.807) is 20.0 Å². The Kier molecular flexibility index (Phi) is 5.61. The lowest BCUT2D eigenvalue weighted by Crippen LogP contribution is -2.28. The van der Waals surface area contributed by atoms with Gasteiger partial charge in [-0.15, -0.1) is 0 Å². The van der Waals surface area contributed by atoms with Crippen molar-refractivity contribution in [2.45, 2.75) is 52.2 Å². The number of hydrogen-bond acceptors (Lipinski definition) is 8. The molecule has 0 radical (unpaired) electrons. The molecule has 0 aliphatic carbocycles. The normalized spacial score (nSPS) is 16.2. The predicted octanol–water partition coefficient (Wildman–Crippen LogP) is 5.23. The molecule has 1 N–H and O–H groups in total. The van der Waals surface area contributed by atoms with Crippen LogP contribution >= 0.6 is 0 Å². The molecule has 0 saturated carbocycles. The van der Waals surface area contributed by atoms with E-state index in [0.29, 0.717) is 47.0 Å². The fourth-order valence-electron chi connectivity index (χ4n) is 5.52. The highest BCUT2D eigenvalue weighted by atomic mass is 19.1. The zero-order valence-corrected chi connectivity index (χ0v) is 21.2. The molecule has 10 heteroatoms. The quantitative estimate of drug-likeness (QED) is 0.346. The summed E-state index contributed by atoms with van der Waals surface area (Å²) in [7, 11) is 0. The van der Waals surface area contributed by atoms with Gasteiger partial charge >= 0.3 is 0 Å². The lowest BCUT2D eigenvalue weighted by Gasteiger charge is -2.32. The third-order valence-electron chi connectivity index (χ3n) is 7.19. The maximum absolute atomic E-state index is 14.5. The van der Waals surface area contributed by atoms with E-state index in [2.05, 4.69) is 19.9 Å². The van der Waals surface area contributed by atoms with Gasteiger partial charge in [0.05, 0.1) is 22.9 Å². The molecular weight excluding hydrogens is 477 g/mol. The van der Waals surface area contributed by atoms with Gasteiger partial charge in [0.25, 0.3) is 0 Å². The molecule has 1 aliphatic heterocycles. The van der Waals surface area contributed by atoms with Crippen molar-refractivity contribution < 1.29 is 23.3 Å². The van der Waals surface area contributed by atoms with Crippen LogP contribution in [0, 0.1) is 25.6 Å². The van der Waals surface area contributed by atoms with Crippen molar-refractivity contribution in [2.75, 3.05) is 13.2 Å². The first-order valence-corrected chi connectivity index (χ1v) is 12.4. The van der Waals surface area contributed by atoms with Gasteiger partial charge in [-0.2, -0.15) is 0 Å². The maximum atomic E-state index is 14.5. The number of pyridine rings is 2. The van der Waals surface area contributed by atoms with Gasteiger partial charge in [0.1, 0.15) is 33.9 Å². The van der Waals surface area contributed by atoms with Crippen LogP contribution in [0.15, 0.2) is 39.6 Å². The molecule has 1 atom stereocenters. The van der Waals surface area contributed by atoms with E-state index in [9.17, 15) is 9.50 Å². The third-order valence-corrected chi connectivity index (χ3v) is 7.19. The van der Waals surface area contributed by atoms with Gasteiger partial charge in [0.2, 0.25) is 5.58 Å². The first kappa shape index (κ1) is 23.7. The summed E-state index contributed by atoms with van der Waals surface area (Å²) >= 11 is 0. The number of aliphatic hydroxyl groups is 1. The summed E-state index contributed by atoms with van der Waals surface area (Å²) in [4.78, 5) is 9.38. The molecule has 0 spiro atoms. The van der Waals surface area contributed by atoms with Crippen molar-refractivity contribution in [3.8, 4) is 11.1 Å². The Balaban J connectivity index is 1.71. The molecule has 1 aliphatic rings. The molecule has 1 saturated heterocycles. The minimum atomic E-state index is -1.29. The van der Waals surface area contributed by atoms with Crippen LogP contribution in [0.5, 0.6) is 0 Å². The number of fused-ring (bicyclic) bond motifs is 3. The topological polar surface area (TPSA) is 112 Å². The fraction of sp³-hybridized carbons (Fsp3) is 0.407. The fourth-order valence-corrected chi connectivity index (χ4v) is 5.52. The van der Waals surface area contributed by atoms with Crippen LogP contribution in [0.25, 0.3) is 33.3 Å². The lowest BCUT2D eigenvalue weighted by molar-refractivity contribution is 0.0541. The second-order valence-corrected chi connectivity index (χ2v) is 10.2. The van der Waals surface area contributed by atoms with Crippen molar-refractivity contribution in [1.82, 2.24) is 24.8 Å². The Bertz CT molecular complexity index is 1590. The summed E-state index contributed by atoms with van der Waals surface area (Å²) in [5.74, 6) is 0.415. The molecule has 0 bridgehead atoms. The molecular formula is C27H28FN5O4. The van der Waals surface area contributed by atoms with Crippen molar-refractivity contribution in [2.24, 2.45) is 5.92 Å². The van der Waals surface area contributed by atoms with Gasteiger partial charge in [-0.1, -0.05) is 10.3 Å². The maximum Gasteiger partial charge on any atom is 0.211 e. The number of aryl methyl sites for hydroxylation is 2. The molecule has 192 valence electrons. The highest BCUT2D eigenvalue weighted by Gasteiger charge is 2.36. The van der Waals surface area contributed by atoms with E-state index in [-0.39, 0.29) is 17.8 Å². The number of nitrogens with zero attached hydrogens (tertiary/aromatic N) is 5. The molecule has 9 nitrogen and oxygen atoms in total. The summed E-state index contributed by atoms with van der Waals surface area (Å²) in [6, 6.07) is 4.46. The van der Waals surface area contributed by atoms with Crippen molar-refractivity contribution in [1.29, 1.82) is 0 Å². The molecule has 1 fully saturated rings. The second-order valence-electron chi connectivity index (χ2n) is 10.2. The van der Waals surface area contributed by atoms with Gasteiger partial charge in [-0.25, -0.2) is 9.37 Å². The average Bonchev–Trinajstić information content (AvgIpc) is 3.53. The largest absolute Gasteiger partial charge is 0.384 e. The molecule has 6 heterocycles. The molecule has 5 aromatic rings. The Morgan fingerprint density at radius 1 is 1.11 bits per heavy atom. The van der Waals surface area contributed by atoms with Crippen molar-refractivity contribution in [3.05, 3.63) is 59.3 Å². The minimum absolute atomic E-state index is 0.0918. The Morgan fingerprint density at radius 3 is 2.57 bits per heavy atom. The zero-order chi connectivity index (χ0) is 25.9. The minimum Gasteiger partial charge on any atom is -0.384 e. The number of halogens is 1. The lowest BCUT2D eigenvalue weighted by atomic mass is 9.88. The number of rotatable bonds is 5. The van der Waals surface area contributed by atoms with Crippen molar-refractivity contribution >= 4 is 22.1 Å². The second kappa shape index (κ2) is 8.74. The van der Waals surface area contributed by atoms with E-state index in [1.165, 1.54) is 18.3 Å². The third kappa shape index (κ3) is 3.91. The highest BCUT2D eigenvalue weighted by molar-refractivity contribution is 6.04. The summed E-state index contributed by atoms with van der Waals surface area (Å²) in [6.07, 6.45) is 4.78. The van der Waals surface area contributed by atoms with Gasteiger partial charge in [0, 0.05) is 36.7 Å².